The number of amides is 1. The number of anilines is 1. The van der Waals surface area contributed by atoms with Gasteiger partial charge in [0.1, 0.15) is 17.3 Å². The highest BCUT2D eigenvalue weighted by molar-refractivity contribution is 6.30. The summed E-state index contributed by atoms with van der Waals surface area (Å²) >= 11 is 6.03. The van der Waals surface area contributed by atoms with Crippen molar-refractivity contribution in [3.05, 3.63) is 64.6 Å². The van der Waals surface area contributed by atoms with Crippen molar-refractivity contribution in [2.45, 2.75) is 39.2 Å². The number of pyridine rings is 1. The van der Waals surface area contributed by atoms with E-state index in [0.717, 1.165) is 55.0 Å². The van der Waals surface area contributed by atoms with Crippen molar-refractivity contribution in [2.75, 3.05) is 5.32 Å². The second-order valence-electron chi connectivity index (χ2n) is 6.82. The number of carbonyl (C=O) groups excluding carboxylic acids is 1. The van der Waals surface area contributed by atoms with Gasteiger partial charge in [-0.1, -0.05) is 24.1 Å². The van der Waals surface area contributed by atoms with Gasteiger partial charge in [-0.3, -0.25) is 4.79 Å². The molecule has 1 aromatic carbocycles. The average Bonchev–Trinajstić information content (AvgIpc) is 2.84. The minimum atomic E-state index is -0.209. The van der Waals surface area contributed by atoms with Crippen LogP contribution in [0.25, 0.3) is 11.4 Å². The molecule has 1 amide bonds. The van der Waals surface area contributed by atoms with E-state index in [-0.39, 0.29) is 5.91 Å². The first-order chi connectivity index (χ1) is 13.1. The maximum absolute atomic E-state index is 13.0. The molecule has 27 heavy (non-hydrogen) atoms. The smallest absolute Gasteiger partial charge is 0.277 e. The molecule has 1 aliphatic heterocycles. The Kier molecular flexibility index (Phi) is 4.94. The molecular formula is C21H21ClN4O. The van der Waals surface area contributed by atoms with Crippen LogP contribution in [-0.2, 0) is 13.0 Å². The van der Waals surface area contributed by atoms with E-state index in [2.05, 4.69) is 14.9 Å². The number of aryl methyl sites for hydroxylation is 1. The highest BCUT2D eigenvalue weighted by atomic mass is 35.5. The monoisotopic (exact) mass is 380 g/mol. The summed E-state index contributed by atoms with van der Waals surface area (Å²) in [5.41, 5.74) is 3.32. The van der Waals surface area contributed by atoms with Crippen LogP contribution in [0, 0.1) is 6.92 Å². The van der Waals surface area contributed by atoms with Crippen LogP contribution in [0.15, 0.2) is 42.5 Å². The maximum atomic E-state index is 13.0. The lowest BCUT2D eigenvalue weighted by Gasteiger charge is -2.09. The van der Waals surface area contributed by atoms with Gasteiger partial charge in [-0.15, -0.1) is 0 Å². The fraction of sp³-hybridized carbons (Fsp3) is 0.286. The summed E-state index contributed by atoms with van der Waals surface area (Å²) in [5.74, 6) is 1.16. The van der Waals surface area contributed by atoms with Crippen LogP contribution in [0.4, 0.5) is 5.82 Å². The van der Waals surface area contributed by atoms with Crippen molar-refractivity contribution in [2.24, 2.45) is 0 Å². The van der Waals surface area contributed by atoms with Crippen LogP contribution >= 0.6 is 11.6 Å². The molecule has 0 saturated heterocycles. The molecule has 1 aliphatic rings. The molecule has 138 valence electrons. The molecule has 3 aromatic rings. The van der Waals surface area contributed by atoms with Crippen LogP contribution in [0.2, 0.25) is 5.02 Å². The Bertz CT molecular complexity index is 978. The molecule has 0 saturated carbocycles. The number of hydrogen-bond acceptors (Lipinski definition) is 3. The zero-order chi connectivity index (χ0) is 18.8. The first kappa shape index (κ1) is 17.7. The summed E-state index contributed by atoms with van der Waals surface area (Å²) in [6.45, 7) is 2.77. The lowest BCUT2D eigenvalue weighted by atomic mass is 10.1. The number of benzene rings is 1. The average molecular weight is 381 g/mol. The number of nitrogens with zero attached hydrogens (tertiary/aromatic N) is 3. The number of aromatic nitrogens is 3. The van der Waals surface area contributed by atoms with E-state index < -0.39 is 0 Å². The Morgan fingerprint density at radius 1 is 1.07 bits per heavy atom. The summed E-state index contributed by atoms with van der Waals surface area (Å²) in [5, 5.41) is 3.58. The number of imidazole rings is 1. The molecule has 0 unspecified atom stereocenters. The van der Waals surface area contributed by atoms with E-state index in [9.17, 15) is 4.79 Å². The van der Waals surface area contributed by atoms with Crippen LogP contribution in [0.1, 0.15) is 41.1 Å². The van der Waals surface area contributed by atoms with E-state index >= 15 is 0 Å². The van der Waals surface area contributed by atoms with E-state index in [1.807, 2.05) is 43.3 Å². The summed E-state index contributed by atoms with van der Waals surface area (Å²) in [7, 11) is 0. The largest absolute Gasteiger partial charge is 0.327 e. The molecule has 0 fully saturated rings. The number of nitrogens with one attached hydrogen (secondary N) is 1. The molecule has 0 radical (unpaired) electrons. The third-order valence-corrected chi connectivity index (χ3v) is 5.07. The Hall–Kier alpha value is -2.66. The van der Waals surface area contributed by atoms with Crippen molar-refractivity contribution in [1.82, 2.24) is 14.5 Å². The normalized spacial score (nSPS) is 13.7. The summed E-state index contributed by atoms with van der Waals surface area (Å²) < 4.78 is 2.19. The van der Waals surface area contributed by atoms with E-state index in [4.69, 9.17) is 16.6 Å². The van der Waals surface area contributed by atoms with Crippen molar-refractivity contribution < 1.29 is 4.79 Å². The predicted octanol–water partition coefficient (Wildman–Crippen LogP) is 4.89. The van der Waals surface area contributed by atoms with Gasteiger partial charge in [0.25, 0.3) is 5.91 Å². The van der Waals surface area contributed by atoms with Gasteiger partial charge in [0.2, 0.25) is 0 Å². The van der Waals surface area contributed by atoms with Gasteiger partial charge in [0.15, 0.2) is 0 Å². The number of fused-ring (bicyclic) bond motifs is 1. The van der Waals surface area contributed by atoms with Gasteiger partial charge in [0.05, 0.1) is 5.69 Å². The number of rotatable bonds is 3. The topological polar surface area (TPSA) is 59.8 Å². The first-order valence-corrected chi connectivity index (χ1v) is 9.60. The molecule has 6 heteroatoms. The fourth-order valence-electron chi connectivity index (χ4n) is 3.51. The van der Waals surface area contributed by atoms with Crippen LogP contribution < -0.4 is 5.32 Å². The highest BCUT2D eigenvalue weighted by Crippen LogP contribution is 2.28. The van der Waals surface area contributed by atoms with Gasteiger partial charge in [-0.25, -0.2) is 9.97 Å². The van der Waals surface area contributed by atoms with Crippen LogP contribution in [0.3, 0.4) is 0 Å². The highest BCUT2D eigenvalue weighted by Gasteiger charge is 2.24. The first-order valence-electron chi connectivity index (χ1n) is 9.22. The second kappa shape index (κ2) is 7.53. The van der Waals surface area contributed by atoms with Gasteiger partial charge in [-0.05, 0) is 62.6 Å². The molecule has 5 nitrogen and oxygen atoms in total. The lowest BCUT2D eigenvalue weighted by Crippen LogP contribution is -2.16. The number of carbonyl (C=O) groups is 1. The Morgan fingerprint density at radius 3 is 2.67 bits per heavy atom. The number of halogens is 1. The molecule has 1 N–H and O–H groups in total. The summed E-state index contributed by atoms with van der Waals surface area (Å²) in [6.07, 6.45) is 4.16. The minimum Gasteiger partial charge on any atom is -0.327 e. The fourth-order valence-corrected chi connectivity index (χ4v) is 3.64. The second-order valence-corrected chi connectivity index (χ2v) is 7.25. The Balaban J connectivity index is 1.73. The van der Waals surface area contributed by atoms with Crippen molar-refractivity contribution in [3.63, 3.8) is 0 Å². The molecule has 0 bridgehead atoms. The minimum absolute atomic E-state index is 0.209. The summed E-state index contributed by atoms with van der Waals surface area (Å²) in [6, 6.07) is 13.2. The lowest BCUT2D eigenvalue weighted by molar-refractivity contribution is 0.102. The molecule has 0 aliphatic carbocycles. The molecule has 3 heterocycles. The van der Waals surface area contributed by atoms with Crippen LogP contribution in [0.5, 0.6) is 0 Å². The van der Waals surface area contributed by atoms with Gasteiger partial charge < -0.3 is 9.88 Å². The van der Waals surface area contributed by atoms with Gasteiger partial charge >= 0.3 is 0 Å². The SMILES string of the molecule is Cc1cccc(NC(=O)c2nc(-c3ccc(Cl)cc3)n3c2CCCCC3)n1. The van der Waals surface area contributed by atoms with Gasteiger partial charge in [-0.2, -0.15) is 0 Å². The molecule has 4 rings (SSSR count). The quantitative estimate of drug-likeness (QED) is 0.704. The number of hydrogen-bond donors (Lipinski definition) is 1. The van der Waals surface area contributed by atoms with E-state index in [0.29, 0.717) is 16.5 Å². The Labute approximate surface area is 163 Å². The van der Waals surface area contributed by atoms with Crippen molar-refractivity contribution in [3.8, 4) is 11.4 Å². The zero-order valence-corrected chi connectivity index (χ0v) is 16.0. The third kappa shape index (κ3) is 3.74. The standard InChI is InChI=1S/C21H21ClN4O/c1-14-6-5-8-18(23-14)24-21(27)19-17-7-3-2-4-13-26(17)20(25-19)15-9-11-16(22)12-10-15/h5-6,8-12H,2-4,7,13H2,1H3,(H,23,24,27). The van der Waals surface area contributed by atoms with E-state index in [1.54, 1.807) is 6.07 Å². The van der Waals surface area contributed by atoms with Crippen molar-refractivity contribution >= 4 is 23.3 Å². The van der Waals surface area contributed by atoms with Gasteiger partial charge in [0, 0.05) is 22.8 Å². The summed E-state index contributed by atoms with van der Waals surface area (Å²) in [4.78, 5) is 22.1. The Morgan fingerprint density at radius 2 is 1.89 bits per heavy atom. The van der Waals surface area contributed by atoms with Crippen LogP contribution in [-0.4, -0.2) is 20.4 Å². The third-order valence-electron chi connectivity index (χ3n) is 4.82. The predicted molar refractivity (Wildman–Crippen MR) is 107 cm³/mol. The molecule has 2 aromatic heterocycles. The van der Waals surface area contributed by atoms with Crippen molar-refractivity contribution in [1.29, 1.82) is 0 Å². The maximum Gasteiger partial charge on any atom is 0.277 e. The van der Waals surface area contributed by atoms with E-state index in [1.165, 1.54) is 0 Å². The molecule has 0 atom stereocenters. The molecule has 0 spiro atoms. The zero-order valence-electron chi connectivity index (χ0n) is 15.2. The molecular weight excluding hydrogens is 360 g/mol.